The molecular formula is C27H24FN3O2. The third-order valence-corrected chi connectivity index (χ3v) is 6.33. The summed E-state index contributed by atoms with van der Waals surface area (Å²) in [5.74, 6) is -0.333. The minimum Gasteiger partial charge on any atom is -0.390 e. The molecule has 4 aromatic rings. The molecule has 6 heteroatoms. The quantitative estimate of drug-likeness (QED) is 0.490. The van der Waals surface area contributed by atoms with Gasteiger partial charge >= 0.3 is 0 Å². The molecule has 1 aliphatic rings. The molecule has 1 unspecified atom stereocenters. The standard InChI is InChI=1S/C27H24FN3O2/c1-16-3-5-20(12-24(16)28)27-26(17(2)9-23-13-22(15-32)30-31(23)27)25(33)11-18-4-6-21-14-29-8-7-19(21)10-18/h3-8,10,12-14,27,32H,9,11,15H2,1-2H3. The minimum absolute atomic E-state index is 0.0152. The van der Waals surface area contributed by atoms with E-state index in [1.807, 2.05) is 43.3 Å². The zero-order chi connectivity index (χ0) is 23.1. The summed E-state index contributed by atoms with van der Waals surface area (Å²) in [5.41, 5.74) is 5.13. The maximum absolute atomic E-state index is 14.5. The molecule has 0 aliphatic carbocycles. The number of rotatable bonds is 5. The number of halogens is 1. The average molecular weight is 442 g/mol. The van der Waals surface area contributed by atoms with Crippen LogP contribution in [0, 0.1) is 12.7 Å². The average Bonchev–Trinajstić information content (AvgIpc) is 3.22. The number of allylic oxidation sites excluding steroid dienone is 2. The molecule has 0 saturated heterocycles. The van der Waals surface area contributed by atoms with E-state index in [0.717, 1.165) is 27.6 Å². The zero-order valence-corrected chi connectivity index (χ0v) is 18.5. The van der Waals surface area contributed by atoms with Crippen LogP contribution in [-0.2, 0) is 24.2 Å². The van der Waals surface area contributed by atoms with Crippen molar-refractivity contribution in [3.63, 3.8) is 0 Å². The van der Waals surface area contributed by atoms with Crippen LogP contribution >= 0.6 is 0 Å². The van der Waals surface area contributed by atoms with E-state index in [2.05, 4.69) is 10.1 Å². The van der Waals surface area contributed by atoms with Crippen LogP contribution in [0.2, 0.25) is 0 Å². The smallest absolute Gasteiger partial charge is 0.165 e. The molecule has 1 aliphatic heterocycles. The van der Waals surface area contributed by atoms with Crippen molar-refractivity contribution in [1.29, 1.82) is 0 Å². The van der Waals surface area contributed by atoms with Gasteiger partial charge in [-0.15, -0.1) is 0 Å². The Kier molecular flexibility index (Phi) is 5.38. The molecule has 2 aromatic carbocycles. The number of pyridine rings is 1. The van der Waals surface area contributed by atoms with Gasteiger partial charge in [0.1, 0.15) is 11.9 Å². The van der Waals surface area contributed by atoms with Crippen molar-refractivity contribution in [3.8, 4) is 0 Å². The summed E-state index contributed by atoms with van der Waals surface area (Å²) in [6.45, 7) is 3.47. The molecule has 0 saturated carbocycles. The van der Waals surface area contributed by atoms with Crippen LogP contribution in [0.15, 0.2) is 72.1 Å². The number of nitrogens with zero attached hydrogens (tertiary/aromatic N) is 3. The van der Waals surface area contributed by atoms with Gasteiger partial charge in [0.2, 0.25) is 0 Å². The van der Waals surface area contributed by atoms with E-state index in [4.69, 9.17) is 0 Å². The Morgan fingerprint density at radius 3 is 2.76 bits per heavy atom. The Morgan fingerprint density at radius 2 is 1.97 bits per heavy atom. The van der Waals surface area contributed by atoms with Gasteiger partial charge in [-0.25, -0.2) is 4.39 Å². The van der Waals surface area contributed by atoms with Gasteiger partial charge in [-0.05, 0) is 54.1 Å². The van der Waals surface area contributed by atoms with Gasteiger partial charge in [-0.3, -0.25) is 14.5 Å². The highest BCUT2D eigenvalue weighted by atomic mass is 19.1. The van der Waals surface area contributed by atoms with Gasteiger partial charge in [0, 0.05) is 41.9 Å². The first-order valence-electron chi connectivity index (χ1n) is 10.9. The molecular weight excluding hydrogens is 417 g/mol. The third-order valence-electron chi connectivity index (χ3n) is 6.33. The van der Waals surface area contributed by atoms with Crippen molar-refractivity contribution >= 4 is 16.6 Å². The van der Waals surface area contributed by atoms with Crippen LogP contribution in [0.5, 0.6) is 0 Å². The van der Waals surface area contributed by atoms with Crippen LogP contribution in [0.25, 0.3) is 10.8 Å². The van der Waals surface area contributed by atoms with E-state index in [1.54, 1.807) is 30.1 Å². The van der Waals surface area contributed by atoms with Crippen molar-refractivity contribution in [2.24, 2.45) is 0 Å². The summed E-state index contributed by atoms with van der Waals surface area (Å²) in [5, 5.41) is 16.2. The molecule has 5 nitrogen and oxygen atoms in total. The molecule has 0 amide bonds. The number of Topliss-reactive ketones (excluding diaryl/α,β-unsaturated/α-hetero) is 1. The number of fused-ring (bicyclic) bond motifs is 2. The first-order chi connectivity index (χ1) is 15.9. The van der Waals surface area contributed by atoms with Crippen LogP contribution in [0.4, 0.5) is 4.39 Å². The second kappa shape index (κ2) is 8.37. The highest BCUT2D eigenvalue weighted by Crippen LogP contribution is 2.37. The number of aryl methyl sites for hydroxylation is 1. The SMILES string of the molecule is CC1=C(C(=O)Cc2ccc3cnccc3c2)C(c2ccc(C)c(F)c2)n2nc(CO)cc2C1. The maximum atomic E-state index is 14.5. The van der Waals surface area contributed by atoms with Crippen molar-refractivity contribution in [3.05, 3.63) is 106 Å². The van der Waals surface area contributed by atoms with Gasteiger partial charge in [0.15, 0.2) is 5.78 Å². The number of hydrogen-bond acceptors (Lipinski definition) is 4. The van der Waals surface area contributed by atoms with E-state index in [-0.39, 0.29) is 24.6 Å². The van der Waals surface area contributed by atoms with Crippen molar-refractivity contribution in [2.45, 2.75) is 39.3 Å². The summed E-state index contributed by atoms with van der Waals surface area (Å²) in [6, 6.07) is 14.2. The molecule has 166 valence electrons. The molecule has 0 bridgehead atoms. The van der Waals surface area contributed by atoms with Gasteiger partial charge in [-0.2, -0.15) is 5.10 Å². The summed E-state index contributed by atoms with van der Waals surface area (Å²) >= 11 is 0. The minimum atomic E-state index is -0.540. The van der Waals surface area contributed by atoms with Crippen molar-refractivity contribution in [1.82, 2.24) is 14.8 Å². The Labute approximate surface area is 191 Å². The maximum Gasteiger partial charge on any atom is 0.165 e. The lowest BCUT2D eigenvalue weighted by molar-refractivity contribution is -0.115. The molecule has 0 radical (unpaired) electrons. The van der Waals surface area contributed by atoms with E-state index < -0.39 is 6.04 Å². The molecule has 0 fully saturated rings. The monoisotopic (exact) mass is 441 g/mol. The molecule has 33 heavy (non-hydrogen) atoms. The molecule has 2 aromatic heterocycles. The number of benzene rings is 2. The third kappa shape index (κ3) is 3.87. The Bertz CT molecular complexity index is 1420. The number of ketones is 1. The van der Waals surface area contributed by atoms with Gasteiger partial charge < -0.3 is 5.11 Å². The lowest BCUT2D eigenvalue weighted by atomic mass is 9.85. The predicted octanol–water partition coefficient (Wildman–Crippen LogP) is 4.64. The summed E-state index contributed by atoms with van der Waals surface area (Å²) in [6.07, 6.45) is 4.33. The van der Waals surface area contributed by atoms with Gasteiger partial charge in [0.05, 0.1) is 12.3 Å². The highest BCUT2D eigenvalue weighted by Gasteiger charge is 2.33. The van der Waals surface area contributed by atoms with Gasteiger partial charge in [0.25, 0.3) is 0 Å². The number of carbonyl (C=O) groups is 1. The fraction of sp³-hybridized carbons (Fsp3) is 0.222. The fourth-order valence-electron chi connectivity index (χ4n) is 4.65. The van der Waals surface area contributed by atoms with E-state index in [1.165, 1.54) is 6.07 Å². The molecule has 3 heterocycles. The Morgan fingerprint density at radius 1 is 1.12 bits per heavy atom. The number of aromatic nitrogens is 3. The lowest BCUT2D eigenvalue weighted by Crippen LogP contribution is -2.28. The number of aliphatic hydroxyl groups is 1. The highest BCUT2D eigenvalue weighted by molar-refractivity contribution is 5.99. The van der Waals surface area contributed by atoms with Crippen molar-refractivity contribution in [2.75, 3.05) is 0 Å². The first kappa shape index (κ1) is 21.2. The number of aliphatic hydroxyl groups excluding tert-OH is 1. The normalized spacial score (nSPS) is 15.7. The largest absolute Gasteiger partial charge is 0.390 e. The van der Waals surface area contributed by atoms with Crippen LogP contribution < -0.4 is 0 Å². The molecule has 1 N–H and O–H groups in total. The summed E-state index contributed by atoms with van der Waals surface area (Å²) in [4.78, 5) is 17.8. The van der Waals surface area contributed by atoms with Crippen LogP contribution in [-0.4, -0.2) is 25.7 Å². The number of hydrogen-bond donors (Lipinski definition) is 1. The van der Waals surface area contributed by atoms with Crippen LogP contribution in [0.3, 0.4) is 0 Å². The van der Waals surface area contributed by atoms with E-state index in [0.29, 0.717) is 28.8 Å². The zero-order valence-electron chi connectivity index (χ0n) is 18.5. The molecule has 0 spiro atoms. The molecule has 5 rings (SSSR count). The molecule has 1 atom stereocenters. The van der Waals surface area contributed by atoms with Crippen LogP contribution in [0.1, 0.15) is 41.0 Å². The first-order valence-corrected chi connectivity index (χ1v) is 10.9. The predicted molar refractivity (Wildman–Crippen MR) is 124 cm³/mol. The topological polar surface area (TPSA) is 68.0 Å². The van der Waals surface area contributed by atoms with E-state index in [9.17, 15) is 14.3 Å². The lowest BCUT2D eigenvalue weighted by Gasteiger charge is -2.29. The van der Waals surface area contributed by atoms with Gasteiger partial charge in [-0.1, -0.05) is 35.9 Å². The summed E-state index contributed by atoms with van der Waals surface area (Å²) in [7, 11) is 0. The second-order valence-electron chi connectivity index (χ2n) is 8.67. The number of carbonyl (C=O) groups excluding carboxylic acids is 1. The second-order valence-corrected chi connectivity index (χ2v) is 8.67. The summed E-state index contributed by atoms with van der Waals surface area (Å²) < 4.78 is 16.3. The Balaban J connectivity index is 1.57. The van der Waals surface area contributed by atoms with E-state index >= 15 is 0 Å². The fourth-order valence-corrected chi connectivity index (χ4v) is 4.65. The van der Waals surface area contributed by atoms with Crippen molar-refractivity contribution < 1.29 is 14.3 Å². The Hall–Kier alpha value is -3.64.